The van der Waals surface area contributed by atoms with Gasteiger partial charge in [-0.1, -0.05) is 26.8 Å². The Hall–Kier alpha value is -2.55. The van der Waals surface area contributed by atoms with Crippen molar-refractivity contribution in [2.24, 2.45) is 17.8 Å². The second-order valence-corrected chi connectivity index (χ2v) is 19.5. The van der Waals surface area contributed by atoms with Crippen LogP contribution in [0.3, 0.4) is 0 Å². The van der Waals surface area contributed by atoms with Gasteiger partial charge in [-0.15, -0.1) is 0 Å². The van der Waals surface area contributed by atoms with Gasteiger partial charge in [-0.2, -0.15) is 0 Å². The van der Waals surface area contributed by atoms with Crippen molar-refractivity contribution in [3.05, 3.63) is 30.1 Å². The normalized spacial score (nSPS) is 42.8. The van der Waals surface area contributed by atoms with Crippen molar-refractivity contribution in [2.75, 3.05) is 41.3 Å². The molecule has 3 aliphatic rings. The molecule has 17 heteroatoms. The summed E-state index contributed by atoms with van der Waals surface area (Å²) >= 11 is 0. The van der Waals surface area contributed by atoms with Crippen LogP contribution in [0.25, 0.3) is 0 Å². The maximum Gasteiger partial charge on any atom is 0.407 e. The van der Waals surface area contributed by atoms with Gasteiger partial charge < -0.3 is 63.8 Å². The monoisotopic (exact) mass is 897 g/mol. The number of amides is 1. The van der Waals surface area contributed by atoms with E-state index in [0.717, 1.165) is 5.69 Å². The summed E-state index contributed by atoms with van der Waals surface area (Å²) in [5, 5.41) is 50.7. The first-order valence-corrected chi connectivity index (χ1v) is 22.8. The van der Waals surface area contributed by atoms with E-state index in [1.807, 2.05) is 76.8 Å². The molecule has 362 valence electrons. The number of esters is 1. The third-order valence-electron chi connectivity index (χ3n) is 13.8. The van der Waals surface area contributed by atoms with Gasteiger partial charge in [-0.25, -0.2) is 4.79 Å². The fourth-order valence-electron chi connectivity index (χ4n) is 9.93. The summed E-state index contributed by atoms with van der Waals surface area (Å²) in [6, 6.07) is 4.62. The minimum atomic E-state index is -1.90. The van der Waals surface area contributed by atoms with Gasteiger partial charge in [0, 0.05) is 62.9 Å². The lowest BCUT2D eigenvalue weighted by atomic mass is 9.77. The van der Waals surface area contributed by atoms with Gasteiger partial charge in [0.15, 0.2) is 18.7 Å². The fraction of sp³-hybridized carbons (Fsp3) is 0.848. The van der Waals surface area contributed by atoms with Crippen LogP contribution in [0.4, 0.5) is 4.79 Å². The summed E-state index contributed by atoms with van der Waals surface area (Å²) < 4.78 is 44.2. The summed E-state index contributed by atoms with van der Waals surface area (Å²) in [6.45, 7) is 18.2. The quantitative estimate of drug-likeness (QED) is 0.202. The summed E-state index contributed by atoms with van der Waals surface area (Å²) in [7, 11) is 7.11. The molecular weight excluding hydrogens is 817 g/mol. The molecule has 18 atom stereocenters. The first-order valence-electron chi connectivity index (χ1n) is 22.8. The highest BCUT2D eigenvalue weighted by Crippen LogP contribution is 2.40. The molecule has 3 aliphatic heterocycles. The molecule has 4 rings (SSSR count). The third-order valence-corrected chi connectivity index (χ3v) is 13.8. The largest absolute Gasteiger partial charge is 0.459 e. The maximum absolute atomic E-state index is 14.7. The van der Waals surface area contributed by atoms with Gasteiger partial charge in [-0.05, 0) is 107 Å². The molecule has 63 heavy (non-hydrogen) atoms. The van der Waals surface area contributed by atoms with E-state index in [2.05, 4.69) is 10.3 Å². The molecule has 0 aliphatic carbocycles. The van der Waals surface area contributed by atoms with Gasteiger partial charge in [0.2, 0.25) is 0 Å². The number of rotatable bonds is 11. The summed E-state index contributed by atoms with van der Waals surface area (Å²) in [6.07, 6.45) is -7.31. The smallest absolute Gasteiger partial charge is 0.407 e. The van der Waals surface area contributed by atoms with E-state index >= 15 is 0 Å². The molecule has 1 amide bonds. The summed E-state index contributed by atoms with van der Waals surface area (Å²) in [5.41, 5.74) is -3.79. The number of aromatic nitrogens is 1. The van der Waals surface area contributed by atoms with E-state index in [0.29, 0.717) is 19.4 Å². The van der Waals surface area contributed by atoms with Crippen LogP contribution in [0.1, 0.15) is 101 Å². The number of aliphatic hydroxyl groups is 4. The van der Waals surface area contributed by atoms with Crippen LogP contribution in [0.2, 0.25) is 0 Å². The number of nitrogens with zero attached hydrogens (tertiary/aromatic N) is 3. The molecule has 0 unspecified atom stereocenters. The van der Waals surface area contributed by atoms with E-state index in [1.54, 1.807) is 40.8 Å². The van der Waals surface area contributed by atoms with Gasteiger partial charge >= 0.3 is 12.1 Å². The van der Waals surface area contributed by atoms with Gasteiger partial charge in [0.1, 0.15) is 23.9 Å². The Kier molecular flexibility index (Phi) is 18.8. The van der Waals surface area contributed by atoms with Crippen molar-refractivity contribution in [3.8, 4) is 0 Å². The lowest BCUT2D eigenvalue weighted by Crippen LogP contribution is -2.61. The van der Waals surface area contributed by atoms with Gasteiger partial charge in [-0.3, -0.25) is 14.7 Å². The van der Waals surface area contributed by atoms with E-state index < -0.39 is 102 Å². The number of carbonyl (C=O) groups is 2. The standard InChI is InChI=1S/C46H80N4O13/c1-15-34-46(10,56)40(63-43(54)48-21-19-32-18-16-17-20-47-32)30(6)50(13)25-26(2)23-44(8,55)39(62-42-36(51)33(49(11)12)22-27(3)58-42)28(4)37(29(5)41(53)60-34)61-35-24-45(9,57-14)38(52)31(7)59-35/h16-18,20,26-31,33-40,42,51-52,55-56H,15,19,21-25H2,1-14H3,(H,48,54)/t26-,27-,28+,29-,30+,31+,33+,34+,35+,36-,37+,38+,39-,40-,42+,44-,45-,46-/m1/s1. The number of aliphatic hydroxyl groups excluding tert-OH is 2. The van der Waals surface area contributed by atoms with Crippen LogP contribution in [0, 0.1) is 17.8 Å². The first kappa shape index (κ1) is 53.1. The van der Waals surface area contributed by atoms with Crippen LogP contribution in [-0.4, -0.2) is 179 Å². The number of pyridine rings is 1. The Morgan fingerprint density at radius 2 is 1.70 bits per heavy atom. The lowest BCUT2D eigenvalue weighted by Gasteiger charge is -2.48. The Morgan fingerprint density at radius 1 is 1.02 bits per heavy atom. The highest BCUT2D eigenvalue weighted by molar-refractivity contribution is 5.73. The number of hydrogen-bond donors (Lipinski definition) is 5. The van der Waals surface area contributed by atoms with Crippen molar-refractivity contribution in [1.82, 2.24) is 20.1 Å². The Balaban J connectivity index is 1.78. The molecule has 0 radical (unpaired) electrons. The Bertz CT molecular complexity index is 1590. The molecule has 0 spiro atoms. The number of carbonyl (C=O) groups excluding carboxylic acids is 2. The number of methoxy groups -OCH3 is 1. The number of cyclic esters (lactones) is 1. The molecule has 3 fully saturated rings. The molecule has 1 aromatic rings. The van der Waals surface area contributed by atoms with Crippen LogP contribution in [-0.2, 0) is 44.4 Å². The van der Waals surface area contributed by atoms with Crippen molar-refractivity contribution in [2.45, 2.75) is 192 Å². The van der Waals surface area contributed by atoms with Crippen molar-refractivity contribution in [1.29, 1.82) is 0 Å². The van der Waals surface area contributed by atoms with Crippen LogP contribution < -0.4 is 5.32 Å². The predicted molar refractivity (Wildman–Crippen MR) is 234 cm³/mol. The summed E-state index contributed by atoms with van der Waals surface area (Å²) in [5.74, 6) is -2.82. The topological polar surface area (TPSA) is 211 Å². The highest BCUT2D eigenvalue weighted by Gasteiger charge is 2.53. The third kappa shape index (κ3) is 13.1. The molecule has 3 saturated heterocycles. The van der Waals surface area contributed by atoms with Gasteiger partial charge in [0.25, 0.3) is 0 Å². The van der Waals surface area contributed by atoms with Crippen molar-refractivity contribution in [3.63, 3.8) is 0 Å². The molecular formula is C46H80N4O13. The minimum Gasteiger partial charge on any atom is -0.459 e. The van der Waals surface area contributed by atoms with E-state index in [9.17, 15) is 30.0 Å². The Labute approximate surface area is 375 Å². The number of ether oxygens (including phenoxy) is 7. The predicted octanol–water partition coefficient (Wildman–Crippen LogP) is 3.27. The molecule has 4 heterocycles. The maximum atomic E-state index is 14.7. The first-order chi connectivity index (χ1) is 29.4. The average molecular weight is 897 g/mol. The Morgan fingerprint density at radius 3 is 2.30 bits per heavy atom. The SMILES string of the molecule is CC[C@@H]1OC(=O)[C@H](C)[C@@H](O[C@H]2C[C@@](C)(OC)[C@@H](O)[C@H](C)O2)[C@H](C)[C@@H](O[C@@H]2O[C@H](C)C[C@H](N(C)C)[C@H]2O)[C@](C)(O)C[C@@H](C)CN(C)[C@@H](C)[C@@H](OC(=O)NCCc2ccccn2)[C@]1(C)O. The van der Waals surface area contributed by atoms with Crippen LogP contribution in [0.15, 0.2) is 24.4 Å². The lowest BCUT2D eigenvalue weighted by molar-refractivity contribution is -0.318. The highest BCUT2D eigenvalue weighted by atomic mass is 16.7. The second kappa shape index (κ2) is 22.3. The molecule has 0 aromatic carbocycles. The molecule has 0 bridgehead atoms. The van der Waals surface area contributed by atoms with E-state index in [1.165, 1.54) is 14.0 Å². The van der Waals surface area contributed by atoms with E-state index in [-0.39, 0.29) is 43.9 Å². The zero-order chi connectivity index (χ0) is 47.2. The van der Waals surface area contributed by atoms with E-state index in [4.69, 9.17) is 33.2 Å². The van der Waals surface area contributed by atoms with Crippen molar-refractivity contribution >= 4 is 12.1 Å². The molecule has 17 nitrogen and oxygen atoms in total. The van der Waals surface area contributed by atoms with Crippen LogP contribution >= 0.6 is 0 Å². The number of likely N-dealkylation sites (N-methyl/N-ethyl adjacent to an activating group) is 2. The van der Waals surface area contributed by atoms with Crippen molar-refractivity contribution < 1.29 is 63.2 Å². The fourth-order valence-corrected chi connectivity index (χ4v) is 9.93. The second-order valence-electron chi connectivity index (χ2n) is 19.5. The number of hydrogen-bond acceptors (Lipinski definition) is 16. The number of alkyl carbamates (subject to hydrolysis) is 1. The van der Waals surface area contributed by atoms with Crippen LogP contribution in [0.5, 0.6) is 0 Å². The zero-order valence-electron chi connectivity index (χ0n) is 40.2. The summed E-state index contributed by atoms with van der Waals surface area (Å²) in [4.78, 5) is 36.3. The molecule has 1 aromatic heterocycles. The number of nitrogens with one attached hydrogen (secondary N) is 1. The zero-order valence-corrected chi connectivity index (χ0v) is 40.2. The average Bonchev–Trinajstić information content (AvgIpc) is 3.21. The minimum absolute atomic E-state index is 0.102. The molecule has 0 saturated carbocycles. The van der Waals surface area contributed by atoms with Gasteiger partial charge in [0.05, 0.1) is 41.5 Å². The molecule has 5 N–H and O–H groups in total.